The van der Waals surface area contributed by atoms with Gasteiger partial charge in [-0.15, -0.1) is 0 Å². The summed E-state index contributed by atoms with van der Waals surface area (Å²) in [5, 5.41) is 0. The van der Waals surface area contributed by atoms with Crippen molar-refractivity contribution in [2.24, 2.45) is 17.6 Å². The zero-order valence-corrected chi connectivity index (χ0v) is 9.96. The first-order valence-electron chi connectivity index (χ1n) is 5.93. The lowest BCUT2D eigenvalue weighted by atomic mass is 10.0. The predicted molar refractivity (Wildman–Crippen MR) is 58.2 cm³/mol. The molecule has 0 bridgehead atoms. The van der Waals surface area contributed by atoms with Crippen LogP contribution in [-0.2, 0) is 4.79 Å². The molecule has 100 valence electrons. The number of halogens is 3. The minimum atomic E-state index is -4.32. The molecule has 3 nitrogen and oxygen atoms in total. The third-order valence-electron chi connectivity index (χ3n) is 3.18. The molecule has 0 aromatic rings. The molecule has 1 saturated heterocycles. The Morgan fingerprint density at radius 2 is 2.18 bits per heavy atom. The molecule has 6 heteroatoms. The van der Waals surface area contributed by atoms with Crippen molar-refractivity contribution in [3.63, 3.8) is 0 Å². The number of hydrogen-bond donors (Lipinski definition) is 1. The van der Waals surface area contributed by atoms with E-state index in [2.05, 4.69) is 0 Å². The molecule has 1 rings (SSSR count). The summed E-state index contributed by atoms with van der Waals surface area (Å²) in [4.78, 5) is 12.9. The van der Waals surface area contributed by atoms with Crippen molar-refractivity contribution in [1.82, 2.24) is 4.90 Å². The van der Waals surface area contributed by atoms with E-state index in [0.717, 1.165) is 12.8 Å². The summed E-state index contributed by atoms with van der Waals surface area (Å²) >= 11 is 0. The Kier molecular flexibility index (Phi) is 4.80. The van der Waals surface area contributed by atoms with Crippen LogP contribution in [0.1, 0.15) is 26.2 Å². The van der Waals surface area contributed by atoms with Crippen LogP contribution in [0.15, 0.2) is 0 Å². The lowest BCUT2D eigenvalue weighted by molar-refractivity contribution is -0.176. The van der Waals surface area contributed by atoms with Crippen molar-refractivity contribution in [1.29, 1.82) is 0 Å². The molecular weight excluding hydrogens is 233 g/mol. The Morgan fingerprint density at radius 1 is 1.53 bits per heavy atom. The second-order valence-corrected chi connectivity index (χ2v) is 4.63. The molecule has 1 heterocycles. The molecule has 0 aromatic carbocycles. The van der Waals surface area contributed by atoms with E-state index in [1.165, 1.54) is 4.90 Å². The zero-order valence-electron chi connectivity index (χ0n) is 9.96. The van der Waals surface area contributed by atoms with Crippen LogP contribution in [0.25, 0.3) is 0 Å². The van der Waals surface area contributed by atoms with Gasteiger partial charge in [0.25, 0.3) is 0 Å². The minimum Gasteiger partial charge on any atom is -0.342 e. The molecule has 0 aliphatic carbocycles. The van der Waals surface area contributed by atoms with Crippen LogP contribution in [0.3, 0.4) is 0 Å². The molecule has 2 atom stereocenters. The van der Waals surface area contributed by atoms with Crippen molar-refractivity contribution in [3.05, 3.63) is 0 Å². The fourth-order valence-electron chi connectivity index (χ4n) is 2.21. The summed E-state index contributed by atoms with van der Waals surface area (Å²) in [7, 11) is 0. The third-order valence-corrected chi connectivity index (χ3v) is 3.18. The van der Waals surface area contributed by atoms with Gasteiger partial charge in [-0.1, -0.05) is 13.3 Å². The normalized spacial score (nSPS) is 23.2. The second-order valence-electron chi connectivity index (χ2n) is 4.63. The van der Waals surface area contributed by atoms with Gasteiger partial charge in [-0.3, -0.25) is 4.79 Å². The lowest BCUT2D eigenvalue weighted by Gasteiger charge is -2.25. The fourth-order valence-corrected chi connectivity index (χ4v) is 2.21. The summed E-state index contributed by atoms with van der Waals surface area (Å²) in [6, 6.07) is 0. The highest BCUT2D eigenvalue weighted by Crippen LogP contribution is 2.29. The number of carbonyl (C=O) groups is 1. The Hall–Kier alpha value is -0.780. The van der Waals surface area contributed by atoms with Crippen molar-refractivity contribution < 1.29 is 18.0 Å². The van der Waals surface area contributed by atoms with Gasteiger partial charge in [0.05, 0.1) is 5.92 Å². The van der Waals surface area contributed by atoms with Crippen LogP contribution in [0.5, 0.6) is 0 Å². The van der Waals surface area contributed by atoms with E-state index in [4.69, 9.17) is 5.73 Å². The summed E-state index contributed by atoms with van der Waals surface area (Å²) < 4.78 is 37.6. The topological polar surface area (TPSA) is 46.3 Å². The van der Waals surface area contributed by atoms with Crippen LogP contribution in [0.2, 0.25) is 0 Å². The fraction of sp³-hybridized carbons (Fsp3) is 0.909. The summed E-state index contributed by atoms with van der Waals surface area (Å²) in [6.45, 7) is 1.69. The number of likely N-dealkylation sites (tertiary alicyclic amines) is 1. The van der Waals surface area contributed by atoms with Gasteiger partial charge >= 0.3 is 6.18 Å². The van der Waals surface area contributed by atoms with Gasteiger partial charge < -0.3 is 10.6 Å². The van der Waals surface area contributed by atoms with Gasteiger partial charge in [0.2, 0.25) is 5.91 Å². The highest BCUT2D eigenvalue weighted by Gasteiger charge is 2.41. The molecule has 1 amide bonds. The lowest BCUT2D eigenvalue weighted by Crippen LogP contribution is -2.41. The van der Waals surface area contributed by atoms with Gasteiger partial charge in [-0.05, 0) is 12.3 Å². The molecule has 1 aliphatic rings. The molecule has 17 heavy (non-hydrogen) atoms. The van der Waals surface area contributed by atoms with Crippen molar-refractivity contribution in [2.45, 2.75) is 32.4 Å². The van der Waals surface area contributed by atoms with Crippen molar-refractivity contribution in [3.8, 4) is 0 Å². The maximum atomic E-state index is 12.5. The molecule has 0 spiro atoms. The first-order valence-corrected chi connectivity index (χ1v) is 5.93. The summed E-state index contributed by atoms with van der Waals surface area (Å²) in [5.74, 6) is -1.57. The van der Waals surface area contributed by atoms with Crippen LogP contribution < -0.4 is 5.73 Å². The van der Waals surface area contributed by atoms with Crippen LogP contribution in [0, 0.1) is 11.8 Å². The molecule has 1 fully saturated rings. The maximum Gasteiger partial charge on any atom is 0.394 e. The van der Waals surface area contributed by atoms with Gasteiger partial charge in [0, 0.05) is 26.1 Å². The number of alkyl halides is 3. The van der Waals surface area contributed by atoms with Gasteiger partial charge in [-0.25, -0.2) is 0 Å². The van der Waals surface area contributed by atoms with Crippen molar-refractivity contribution >= 4 is 5.91 Å². The Bertz CT molecular complexity index is 268. The first kappa shape index (κ1) is 14.3. The van der Waals surface area contributed by atoms with E-state index < -0.39 is 18.6 Å². The first-order chi connectivity index (χ1) is 7.88. The number of nitrogens with zero attached hydrogens (tertiary/aromatic N) is 1. The average molecular weight is 252 g/mol. The number of nitrogens with two attached hydrogens (primary N) is 1. The number of hydrogen-bond acceptors (Lipinski definition) is 2. The summed E-state index contributed by atoms with van der Waals surface area (Å²) in [6.07, 6.45) is -2.10. The average Bonchev–Trinajstić information content (AvgIpc) is 2.54. The minimum absolute atomic E-state index is 0.175. The molecule has 0 saturated carbocycles. The maximum absolute atomic E-state index is 12.5. The van der Waals surface area contributed by atoms with Gasteiger partial charge in [0.1, 0.15) is 0 Å². The van der Waals surface area contributed by atoms with E-state index in [1.54, 1.807) is 0 Å². The second kappa shape index (κ2) is 5.71. The molecule has 2 unspecified atom stereocenters. The predicted octanol–water partition coefficient (Wildman–Crippen LogP) is 1.77. The number of rotatable bonds is 5. The zero-order chi connectivity index (χ0) is 13.1. The smallest absolute Gasteiger partial charge is 0.342 e. The number of amides is 1. The van der Waals surface area contributed by atoms with E-state index >= 15 is 0 Å². The largest absolute Gasteiger partial charge is 0.394 e. The Balaban J connectivity index is 2.54. The van der Waals surface area contributed by atoms with E-state index in [0.29, 0.717) is 13.0 Å². The SMILES string of the molecule is CCCC1CC(=O)N(CC(CN)C(F)(F)F)C1. The highest BCUT2D eigenvalue weighted by molar-refractivity contribution is 5.78. The molecular formula is C11H19F3N2O. The molecule has 0 aromatic heterocycles. The monoisotopic (exact) mass is 252 g/mol. The standard InChI is InChI=1S/C11H19F3N2O/c1-2-3-8-4-10(17)16(6-8)7-9(5-15)11(12,13)14/h8-9H,2-7,15H2,1H3. The van der Waals surface area contributed by atoms with E-state index in [-0.39, 0.29) is 18.4 Å². The van der Waals surface area contributed by atoms with E-state index in [1.807, 2.05) is 6.92 Å². The van der Waals surface area contributed by atoms with Gasteiger partial charge in [0.15, 0.2) is 0 Å². The third kappa shape index (κ3) is 3.87. The number of carbonyl (C=O) groups excluding carboxylic acids is 1. The molecule has 2 N–H and O–H groups in total. The quantitative estimate of drug-likeness (QED) is 0.810. The van der Waals surface area contributed by atoms with Crippen LogP contribution in [0.4, 0.5) is 13.2 Å². The van der Waals surface area contributed by atoms with Gasteiger partial charge in [-0.2, -0.15) is 13.2 Å². The molecule has 0 radical (unpaired) electrons. The summed E-state index contributed by atoms with van der Waals surface area (Å²) in [5.41, 5.74) is 5.12. The molecule has 1 aliphatic heterocycles. The Labute approximate surface area is 99.1 Å². The van der Waals surface area contributed by atoms with Crippen LogP contribution >= 0.6 is 0 Å². The Morgan fingerprint density at radius 3 is 2.65 bits per heavy atom. The van der Waals surface area contributed by atoms with Crippen molar-refractivity contribution in [2.75, 3.05) is 19.6 Å². The highest BCUT2D eigenvalue weighted by atomic mass is 19.4. The van der Waals surface area contributed by atoms with E-state index in [9.17, 15) is 18.0 Å². The van der Waals surface area contributed by atoms with Crippen LogP contribution in [-0.4, -0.2) is 36.6 Å².